The van der Waals surface area contributed by atoms with Gasteiger partial charge in [-0.3, -0.25) is 10.0 Å². The fourth-order valence-electron chi connectivity index (χ4n) is 2.25. The molecule has 2 aromatic carbocycles. The Morgan fingerprint density at radius 1 is 1.24 bits per heavy atom. The summed E-state index contributed by atoms with van der Waals surface area (Å²) >= 11 is 2.12. The molecule has 106 valence electrons. The molecule has 21 heavy (non-hydrogen) atoms. The van der Waals surface area contributed by atoms with E-state index in [1.807, 2.05) is 6.07 Å². The lowest BCUT2D eigenvalue weighted by atomic mass is 10.1. The Bertz CT molecular complexity index is 851. The molecule has 1 heterocycles. The first-order chi connectivity index (χ1) is 10.1. The smallest absolute Gasteiger partial charge is 0.268 e. The number of rotatable bonds is 1. The van der Waals surface area contributed by atoms with Crippen LogP contribution in [0.2, 0.25) is 0 Å². The van der Waals surface area contributed by atoms with Crippen LogP contribution in [0.25, 0.3) is 5.70 Å². The Kier molecular flexibility index (Phi) is 3.73. The molecule has 3 rings (SSSR count). The average Bonchev–Trinajstić information content (AvgIpc) is 2.55. The molecule has 1 aliphatic rings. The predicted octanol–water partition coefficient (Wildman–Crippen LogP) is 1.44. The summed E-state index contributed by atoms with van der Waals surface area (Å²) in [5.41, 5.74) is 0.476. The first-order valence-corrected chi connectivity index (χ1v) is 7.27. The van der Waals surface area contributed by atoms with Crippen LogP contribution in [0.5, 0.6) is 0 Å². The summed E-state index contributed by atoms with van der Waals surface area (Å²) in [5.74, 6) is -0.947. The zero-order valence-electron chi connectivity index (χ0n) is 10.8. The third-order valence-corrected chi connectivity index (χ3v) is 3.80. The largest absolute Gasteiger partial charge is 0.288 e. The zero-order chi connectivity index (χ0) is 15.0. The molecule has 0 bridgehead atoms. The second kappa shape index (κ2) is 5.53. The van der Waals surface area contributed by atoms with E-state index in [-0.39, 0.29) is 17.8 Å². The Balaban J connectivity index is 2.46. The van der Waals surface area contributed by atoms with Gasteiger partial charge in [0.1, 0.15) is 12.4 Å². The fourth-order valence-corrected chi connectivity index (χ4v) is 2.74. The van der Waals surface area contributed by atoms with Gasteiger partial charge >= 0.3 is 0 Å². The molecule has 0 aromatic heterocycles. The van der Waals surface area contributed by atoms with Gasteiger partial charge in [-0.2, -0.15) is 0 Å². The lowest BCUT2D eigenvalue weighted by molar-refractivity contribution is -0.125. The summed E-state index contributed by atoms with van der Waals surface area (Å²) in [4.78, 5) is 15.7. The van der Waals surface area contributed by atoms with Gasteiger partial charge in [0.2, 0.25) is 0 Å². The van der Waals surface area contributed by atoms with Crippen molar-refractivity contribution in [1.82, 2.24) is 5.06 Å². The molecule has 0 radical (unpaired) electrons. The number of amides is 1. The van der Waals surface area contributed by atoms with Gasteiger partial charge in [0, 0.05) is 14.4 Å². The van der Waals surface area contributed by atoms with Crippen LogP contribution in [0.4, 0.5) is 4.39 Å². The van der Waals surface area contributed by atoms with Crippen LogP contribution in [-0.4, -0.2) is 22.7 Å². The quantitative estimate of drug-likeness (QED) is 0.743. The normalized spacial score (nSPS) is 14.5. The SMILES string of the molecule is O=C1CN(O)C(c2ccccc2F)=c2cc(I)ccc2=N1. The standard InChI is InChI=1S/C15H10FIN2O2/c16-12-4-2-1-3-10(12)15-11-7-9(17)5-6-13(11)18-14(20)8-19(15)21/h1-7,21H,8H2. The number of halogens is 2. The summed E-state index contributed by atoms with van der Waals surface area (Å²) in [6, 6.07) is 11.4. The van der Waals surface area contributed by atoms with Crippen molar-refractivity contribution in [3.8, 4) is 0 Å². The maximum Gasteiger partial charge on any atom is 0.268 e. The van der Waals surface area contributed by atoms with Crippen LogP contribution in [0, 0.1) is 9.39 Å². The van der Waals surface area contributed by atoms with E-state index in [1.54, 1.807) is 30.3 Å². The van der Waals surface area contributed by atoms with E-state index in [1.165, 1.54) is 6.07 Å². The van der Waals surface area contributed by atoms with Gasteiger partial charge in [0.15, 0.2) is 0 Å². The van der Waals surface area contributed by atoms with Gasteiger partial charge in [-0.25, -0.2) is 14.4 Å². The minimum atomic E-state index is -0.480. The first kappa shape index (κ1) is 14.2. The van der Waals surface area contributed by atoms with Gasteiger partial charge in [-0.1, -0.05) is 12.1 Å². The number of nitrogens with zero attached hydrogens (tertiary/aromatic N) is 2. The maximum absolute atomic E-state index is 14.1. The molecule has 0 saturated heterocycles. The second-order valence-corrected chi connectivity index (χ2v) is 5.80. The number of carbonyl (C=O) groups excluding carboxylic acids is 1. The Morgan fingerprint density at radius 2 is 2.00 bits per heavy atom. The van der Waals surface area contributed by atoms with E-state index in [0.717, 1.165) is 8.63 Å². The lowest BCUT2D eigenvalue weighted by Gasteiger charge is -2.18. The topological polar surface area (TPSA) is 52.9 Å². The number of carbonyl (C=O) groups is 1. The van der Waals surface area contributed by atoms with Crippen molar-refractivity contribution in [2.75, 3.05) is 6.54 Å². The Labute approximate surface area is 133 Å². The van der Waals surface area contributed by atoms with Crippen molar-refractivity contribution >= 4 is 34.2 Å². The number of hydrogen-bond acceptors (Lipinski definition) is 3. The third-order valence-electron chi connectivity index (χ3n) is 3.13. The minimum absolute atomic E-state index is 0.230. The molecule has 0 fully saturated rings. The van der Waals surface area contributed by atoms with E-state index in [4.69, 9.17) is 0 Å². The summed E-state index contributed by atoms with van der Waals surface area (Å²) in [6.45, 7) is -0.311. The highest BCUT2D eigenvalue weighted by molar-refractivity contribution is 14.1. The van der Waals surface area contributed by atoms with E-state index < -0.39 is 11.7 Å². The molecule has 1 N–H and O–H groups in total. The molecule has 0 aliphatic carbocycles. The van der Waals surface area contributed by atoms with E-state index in [0.29, 0.717) is 10.6 Å². The predicted molar refractivity (Wildman–Crippen MR) is 82.3 cm³/mol. The maximum atomic E-state index is 14.1. The highest BCUT2D eigenvalue weighted by atomic mass is 127. The minimum Gasteiger partial charge on any atom is -0.288 e. The van der Waals surface area contributed by atoms with Crippen LogP contribution in [0.15, 0.2) is 47.5 Å². The van der Waals surface area contributed by atoms with E-state index >= 15 is 0 Å². The number of fused-ring (bicyclic) bond motifs is 1. The highest BCUT2D eigenvalue weighted by Crippen LogP contribution is 2.18. The van der Waals surface area contributed by atoms with Crippen LogP contribution < -0.4 is 10.6 Å². The van der Waals surface area contributed by atoms with Gasteiger partial charge in [0.25, 0.3) is 5.91 Å². The summed E-state index contributed by atoms with van der Waals surface area (Å²) < 4.78 is 15.0. The van der Waals surface area contributed by atoms with Gasteiger partial charge in [-0.15, -0.1) is 0 Å². The Hall–Kier alpha value is -1.80. The van der Waals surface area contributed by atoms with Gasteiger partial charge in [0.05, 0.1) is 11.1 Å². The third kappa shape index (κ3) is 2.68. The van der Waals surface area contributed by atoms with E-state index in [9.17, 15) is 14.4 Å². The number of benzene rings is 2. The van der Waals surface area contributed by atoms with Crippen molar-refractivity contribution in [1.29, 1.82) is 0 Å². The molecule has 6 heteroatoms. The van der Waals surface area contributed by atoms with Gasteiger partial charge < -0.3 is 0 Å². The fraction of sp³-hybridized carbons (Fsp3) is 0.0667. The summed E-state index contributed by atoms with van der Waals surface area (Å²) in [7, 11) is 0. The van der Waals surface area contributed by atoms with Crippen molar-refractivity contribution < 1.29 is 14.4 Å². The average molecular weight is 396 g/mol. The molecule has 2 aromatic rings. The van der Waals surface area contributed by atoms with Crippen LogP contribution in [-0.2, 0) is 4.79 Å². The molecule has 0 saturated carbocycles. The zero-order valence-corrected chi connectivity index (χ0v) is 12.9. The van der Waals surface area contributed by atoms with Crippen LogP contribution in [0.3, 0.4) is 0 Å². The molecule has 0 spiro atoms. The molecular weight excluding hydrogens is 386 g/mol. The van der Waals surface area contributed by atoms with Crippen LogP contribution >= 0.6 is 22.6 Å². The Morgan fingerprint density at radius 3 is 2.76 bits per heavy atom. The van der Waals surface area contributed by atoms with Crippen molar-refractivity contribution in [2.24, 2.45) is 4.99 Å². The number of hydroxylamine groups is 2. The molecule has 0 unspecified atom stereocenters. The highest BCUT2D eigenvalue weighted by Gasteiger charge is 2.20. The van der Waals surface area contributed by atoms with Crippen LogP contribution in [0.1, 0.15) is 5.56 Å². The second-order valence-electron chi connectivity index (χ2n) is 4.55. The van der Waals surface area contributed by atoms with E-state index in [2.05, 4.69) is 27.6 Å². The monoisotopic (exact) mass is 396 g/mol. The molecule has 4 nitrogen and oxygen atoms in total. The summed E-state index contributed by atoms with van der Waals surface area (Å²) in [6.07, 6.45) is 0. The lowest BCUT2D eigenvalue weighted by Crippen LogP contribution is -2.32. The molecule has 1 aliphatic heterocycles. The van der Waals surface area contributed by atoms with Crippen molar-refractivity contribution in [2.45, 2.75) is 0 Å². The molecule has 0 atom stereocenters. The van der Waals surface area contributed by atoms with Gasteiger partial charge in [-0.05, 0) is 52.9 Å². The van der Waals surface area contributed by atoms with Crippen molar-refractivity contribution in [3.05, 3.63) is 68.0 Å². The van der Waals surface area contributed by atoms with Crippen molar-refractivity contribution in [3.63, 3.8) is 0 Å². The molecule has 1 amide bonds. The summed E-state index contributed by atoms with van der Waals surface area (Å²) in [5, 5.41) is 11.9. The number of hydrogen-bond donors (Lipinski definition) is 1. The first-order valence-electron chi connectivity index (χ1n) is 6.19. The molecular formula is C15H10FIN2O2.